The lowest BCUT2D eigenvalue weighted by Gasteiger charge is -2.47. The summed E-state index contributed by atoms with van der Waals surface area (Å²) in [6, 6.07) is -0.887. The van der Waals surface area contributed by atoms with E-state index < -0.39 is 29.3 Å². The van der Waals surface area contributed by atoms with Gasteiger partial charge in [0.25, 0.3) is 5.91 Å². The van der Waals surface area contributed by atoms with Gasteiger partial charge in [-0.15, -0.1) is 11.8 Å². The van der Waals surface area contributed by atoms with Gasteiger partial charge in [0.1, 0.15) is 17.7 Å². The fourth-order valence-corrected chi connectivity index (χ4v) is 3.32. The largest absolute Gasteiger partial charge is 0.477 e. The van der Waals surface area contributed by atoms with Gasteiger partial charge in [-0.2, -0.15) is 4.99 Å². The molecule has 0 bridgehead atoms. The first-order valence-corrected chi connectivity index (χ1v) is 6.62. The van der Waals surface area contributed by atoms with Crippen molar-refractivity contribution in [2.75, 3.05) is 12.4 Å². The van der Waals surface area contributed by atoms with E-state index in [1.54, 1.807) is 0 Å². The quantitative estimate of drug-likeness (QED) is 0.322. The van der Waals surface area contributed by atoms with E-state index >= 15 is 0 Å². The molecule has 106 valence electrons. The predicted molar refractivity (Wildman–Crippen MR) is 66.3 cm³/mol. The van der Waals surface area contributed by atoms with Crippen molar-refractivity contribution in [3.63, 3.8) is 0 Å². The van der Waals surface area contributed by atoms with Gasteiger partial charge in [-0.05, 0) is 0 Å². The Labute approximate surface area is 117 Å². The van der Waals surface area contributed by atoms with Crippen molar-refractivity contribution in [2.24, 2.45) is 4.99 Å². The van der Waals surface area contributed by atoms with Gasteiger partial charge >= 0.3 is 11.9 Å². The first kappa shape index (κ1) is 14.3. The van der Waals surface area contributed by atoms with E-state index in [2.05, 4.69) is 4.99 Å². The van der Waals surface area contributed by atoms with Crippen molar-refractivity contribution in [1.29, 1.82) is 0 Å². The molecule has 2 rings (SSSR count). The van der Waals surface area contributed by atoms with E-state index in [1.807, 2.05) is 0 Å². The molecule has 0 unspecified atom stereocenters. The SMILES string of the molecule is CC(=O)OCC1=C(C(=O)O)N2C(=O)[C@@H](N=C=O)[C@H]2SC1. The number of carbonyl (C=O) groups excluding carboxylic acids is 3. The normalized spacial score (nSPS) is 24.4. The molecule has 1 amide bonds. The summed E-state index contributed by atoms with van der Waals surface area (Å²) >= 11 is 1.27. The van der Waals surface area contributed by atoms with Gasteiger partial charge in [-0.25, -0.2) is 9.59 Å². The standard InChI is InChI=1S/C11H10N2O6S/c1-5(15)19-2-6-3-20-10-7(12-4-14)9(16)13(10)8(6)11(17)18/h7,10H,2-3H2,1H3,(H,17,18)/t7-,10-/m1/s1. The van der Waals surface area contributed by atoms with E-state index in [0.29, 0.717) is 5.57 Å². The number of carboxylic acid groups (broad SMARTS) is 1. The van der Waals surface area contributed by atoms with Crippen LogP contribution in [-0.4, -0.2) is 57.7 Å². The van der Waals surface area contributed by atoms with Crippen LogP contribution in [0.15, 0.2) is 16.3 Å². The van der Waals surface area contributed by atoms with Gasteiger partial charge in [0.2, 0.25) is 6.08 Å². The van der Waals surface area contributed by atoms with E-state index in [4.69, 9.17) is 4.74 Å². The molecule has 20 heavy (non-hydrogen) atoms. The van der Waals surface area contributed by atoms with E-state index in [9.17, 15) is 24.3 Å². The Morgan fingerprint density at radius 1 is 1.60 bits per heavy atom. The van der Waals surface area contributed by atoms with E-state index in [0.717, 1.165) is 4.90 Å². The number of fused-ring (bicyclic) bond motifs is 1. The first-order chi connectivity index (χ1) is 9.47. The van der Waals surface area contributed by atoms with Crippen molar-refractivity contribution >= 4 is 35.7 Å². The highest BCUT2D eigenvalue weighted by Crippen LogP contribution is 2.41. The number of aliphatic imine (C=N–C) groups is 1. The number of amides is 1. The van der Waals surface area contributed by atoms with Crippen LogP contribution in [-0.2, 0) is 23.9 Å². The molecular formula is C11H10N2O6S. The predicted octanol–water partition coefficient (Wildman–Crippen LogP) is -0.492. The van der Waals surface area contributed by atoms with Crippen molar-refractivity contribution in [1.82, 2.24) is 4.90 Å². The molecule has 1 fully saturated rings. The minimum Gasteiger partial charge on any atom is -0.477 e. The van der Waals surface area contributed by atoms with Crippen molar-refractivity contribution in [2.45, 2.75) is 18.3 Å². The Kier molecular flexibility index (Phi) is 3.91. The van der Waals surface area contributed by atoms with Crippen molar-refractivity contribution < 1.29 is 29.0 Å². The van der Waals surface area contributed by atoms with Crippen LogP contribution >= 0.6 is 11.8 Å². The lowest BCUT2D eigenvalue weighted by atomic mass is 10.0. The number of β-lactam (4-membered cyclic amide) rings is 1. The summed E-state index contributed by atoms with van der Waals surface area (Å²) in [5.41, 5.74) is 0.146. The number of thioether (sulfide) groups is 1. The van der Waals surface area contributed by atoms with Gasteiger partial charge in [-0.3, -0.25) is 14.5 Å². The highest BCUT2D eigenvalue weighted by Gasteiger charge is 2.54. The number of isocyanates is 1. The zero-order chi connectivity index (χ0) is 14.9. The Balaban J connectivity index is 2.28. The second-order valence-electron chi connectivity index (χ2n) is 4.11. The molecule has 0 spiro atoms. The molecule has 8 nitrogen and oxygen atoms in total. The number of ether oxygens (including phenoxy) is 1. The highest BCUT2D eigenvalue weighted by atomic mass is 32.2. The summed E-state index contributed by atoms with van der Waals surface area (Å²) in [7, 11) is 0. The summed E-state index contributed by atoms with van der Waals surface area (Å²) in [6.45, 7) is 1.03. The van der Waals surface area contributed by atoms with E-state index in [1.165, 1.54) is 24.8 Å². The molecule has 0 radical (unpaired) electrons. The van der Waals surface area contributed by atoms with Crippen molar-refractivity contribution in [3.8, 4) is 0 Å². The van der Waals surface area contributed by atoms with Gasteiger partial charge in [-0.1, -0.05) is 0 Å². The number of rotatable bonds is 4. The third kappa shape index (κ3) is 2.33. The zero-order valence-corrected chi connectivity index (χ0v) is 11.2. The maximum absolute atomic E-state index is 11.8. The minimum atomic E-state index is -1.28. The Morgan fingerprint density at radius 3 is 2.85 bits per heavy atom. The molecule has 9 heteroatoms. The van der Waals surface area contributed by atoms with Crippen LogP contribution in [0.3, 0.4) is 0 Å². The molecular weight excluding hydrogens is 288 g/mol. The smallest absolute Gasteiger partial charge is 0.352 e. The maximum Gasteiger partial charge on any atom is 0.352 e. The number of carbonyl (C=O) groups is 3. The average Bonchev–Trinajstić information content (AvgIpc) is 2.40. The van der Waals surface area contributed by atoms with Gasteiger partial charge in [0.05, 0.1) is 0 Å². The Bertz CT molecular complexity index is 565. The average molecular weight is 298 g/mol. The number of aliphatic carboxylic acids is 1. The molecule has 2 aliphatic heterocycles. The third-order valence-electron chi connectivity index (χ3n) is 2.86. The monoisotopic (exact) mass is 298 g/mol. The Hall–Kier alpha value is -2.12. The fraction of sp³-hybridized carbons (Fsp3) is 0.455. The summed E-state index contributed by atoms with van der Waals surface area (Å²) < 4.78 is 4.78. The summed E-state index contributed by atoms with van der Waals surface area (Å²) in [6.07, 6.45) is 1.31. The Morgan fingerprint density at radius 2 is 2.30 bits per heavy atom. The maximum atomic E-state index is 11.8. The van der Waals surface area contributed by atoms with Crippen LogP contribution in [0.25, 0.3) is 0 Å². The third-order valence-corrected chi connectivity index (χ3v) is 4.19. The molecule has 2 aliphatic rings. The molecule has 1 N–H and O–H groups in total. The lowest BCUT2D eigenvalue weighted by Crippen LogP contribution is -2.64. The van der Waals surface area contributed by atoms with Crippen LogP contribution < -0.4 is 0 Å². The van der Waals surface area contributed by atoms with Crippen LogP contribution in [0, 0.1) is 0 Å². The second kappa shape index (κ2) is 5.48. The van der Waals surface area contributed by atoms with Crippen LogP contribution in [0.4, 0.5) is 0 Å². The number of nitrogens with zero attached hydrogens (tertiary/aromatic N) is 2. The second-order valence-corrected chi connectivity index (χ2v) is 5.22. The topological polar surface area (TPSA) is 113 Å². The lowest BCUT2D eigenvalue weighted by molar-refractivity contribution is -0.148. The molecule has 2 heterocycles. The molecule has 1 saturated heterocycles. The van der Waals surface area contributed by atoms with E-state index in [-0.39, 0.29) is 18.1 Å². The summed E-state index contributed by atoms with van der Waals surface area (Å²) in [5, 5.41) is 8.70. The van der Waals surface area contributed by atoms with Gasteiger partial charge in [0.15, 0.2) is 6.04 Å². The van der Waals surface area contributed by atoms with Crippen LogP contribution in [0.2, 0.25) is 0 Å². The number of hydrogen-bond acceptors (Lipinski definition) is 7. The molecule has 0 aromatic carbocycles. The van der Waals surface area contributed by atoms with Crippen molar-refractivity contribution in [3.05, 3.63) is 11.3 Å². The number of carboxylic acids is 1. The minimum absolute atomic E-state index is 0.178. The molecule has 0 aromatic heterocycles. The first-order valence-electron chi connectivity index (χ1n) is 5.57. The summed E-state index contributed by atoms with van der Waals surface area (Å²) in [4.78, 5) is 48.6. The van der Waals surface area contributed by atoms with Crippen LogP contribution in [0.5, 0.6) is 0 Å². The molecule has 0 aliphatic carbocycles. The van der Waals surface area contributed by atoms with Gasteiger partial charge < -0.3 is 9.84 Å². The molecule has 2 atom stereocenters. The number of esters is 1. The highest BCUT2D eigenvalue weighted by molar-refractivity contribution is 8.00. The van der Waals surface area contributed by atoms with Crippen LogP contribution in [0.1, 0.15) is 6.92 Å². The number of hydrogen-bond donors (Lipinski definition) is 1. The summed E-state index contributed by atoms with van der Waals surface area (Å²) in [5.74, 6) is -2.09. The molecule has 0 saturated carbocycles. The van der Waals surface area contributed by atoms with Gasteiger partial charge in [0, 0.05) is 18.2 Å². The molecule has 0 aromatic rings. The fourth-order valence-electron chi connectivity index (χ4n) is 2.01. The zero-order valence-electron chi connectivity index (χ0n) is 10.4.